The fourth-order valence-corrected chi connectivity index (χ4v) is 4.06. The van der Waals surface area contributed by atoms with Crippen LogP contribution >= 0.6 is 11.3 Å². The Labute approximate surface area is 182 Å². The lowest BCUT2D eigenvalue weighted by Gasteiger charge is -1.98. The van der Waals surface area contributed by atoms with Gasteiger partial charge in [-0.1, -0.05) is 53.8 Å². The molecular weight excluding hydrogens is 432 g/mol. The number of nitro groups is 1. The number of hydrogen-bond donors (Lipinski definition) is 0. The molecular formula is C22H12N4O5S. The van der Waals surface area contributed by atoms with Crippen LogP contribution in [0.3, 0.4) is 0 Å². The third-order valence-corrected chi connectivity index (χ3v) is 5.63. The Morgan fingerprint density at radius 1 is 1.00 bits per heavy atom. The number of rotatable bonds is 4. The zero-order valence-corrected chi connectivity index (χ0v) is 17.0. The summed E-state index contributed by atoms with van der Waals surface area (Å²) in [4.78, 5) is 39.9. The monoisotopic (exact) mass is 444 g/mol. The van der Waals surface area contributed by atoms with Gasteiger partial charge in [-0.3, -0.25) is 19.7 Å². The average molecular weight is 444 g/mol. The van der Waals surface area contributed by atoms with E-state index in [9.17, 15) is 19.7 Å². The van der Waals surface area contributed by atoms with E-state index in [2.05, 4.69) is 10.1 Å². The molecule has 0 amide bonds. The van der Waals surface area contributed by atoms with Crippen molar-refractivity contribution in [3.8, 4) is 22.6 Å². The van der Waals surface area contributed by atoms with Crippen molar-refractivity contribution in [2.24, 2.45) is 0 Å². The van der Waals surface area contributed by atoms with Crippen LogP contribution < -0.4 is 15.7 Å². The van der Waals surface area contributed by atoms with Crippen LogP contribution in [0.25, 0.3) is 33.6 Å². The fourth-order valence-electron chi connectivity index (χ4n) is 3.17. The Morgan fingerprint density at radius 3 is 2.56 bits per heavy atom. The van der Waals surface area contributed by atoms with Crippen LogP contribution in [0.1, 0.15) is 5.76 Å². The third kappa shape index (κ3) is 3.48. The first kappa shape index (κ1) is 19.5. The van der Waals surface area contributed by atoms with Gasteiger partial charge in [-0.2, -0.15) is 14.6 Å². The first-order chi connectivity index (χ1) is 15.5. The summed E-state index contributed by atoms with van der Waals surface area (Å²) in [5, 5.41) is 15.2. The van der Waals surface area contributed by atoms with E-state index in [0.717, 1.165) is 15.9 Å². The van der Waals surface area contributed by atoms with Crippen molar-refractivity contribution in [1.82, 2.24) is 14.6 Å². The number of nitro benzene ring substituents is 1. The van der Waals surface area contributed by atoms with Crippen molar-refractivity contribution < 1.29 is 9.34 Å². The van der Waals surface area contributed by atoms with Gasteiger partial charge in [-0.05, 0) is 12.1 Å². The molecule has 32 heavy (non-hydrogen) atoms. The predicted molar refractivity (Wildman–Crippen MR) is 118 cm³/mol. The number of benzene rings is 2. The molecule has 5 rings (SSSR count). The number of furan rings is 1. The van der Waals surface area contributed by atoms with Gasteiger partial charge in [0.2, 0.25) is 4.96 Å². The number of fused-ring (bicyclic) bond motifs is 1. The van der Waals surface area contributed by atoms with Gasteiger partial charge in [-0.15, -0.1) is 0 Å². The summed E-state index contributed by atoms with van der Waals surface area (Å²) in [6.07, 6.45) is 1.52. The minimum atomic E-state index is -0.519. The summed E-state index contributed by atoms with van der Waals surface area (Å²) < 4.78 is 7.14. The molecule has 0 aliphatic rings. The lowest BCUT2D eigenvalue weighted by molar-refractivity contribution is -0.384. The summed E-state index contributed by atoms with van der Waals surface area (Å²) in [5.41, 5.74) is 0.210. The number of nitrogens with zero attached hydrogens (tertiary/aromatic N) is 4. The summed E-state index contributed by atoms with van der Waals surface area (Å²) >= 11 is 1.02. The molecule has 9 nitrogen and oxygen atoms in total. The van der Waals surface area contributed by atoms with Gasteiger partial charge in [0, 0.05) is 29.3 Å². The highest BCUT2D eigenvalue weighted by atomic mass is 32.1. The van der Waals surface area contributed by atoms with E-state index < -0.39 is 16.0 Å². The minimum absolute atomic E-state index is 0.0491. The zero-order valence-electron chi connectivity index (χ0n) is 16.2. The molecule has 0 unspecified atom stereocenters. The Hall–Kier alpha value is -4.44. The topological polar surface area (TPSA) is 121 Å². The lowest BCUT2D eigenvalue weighted by Crippen LogP contribution is -2.26. The molecule has 0 fully saturated rings. The highest BCUT2D eigenvalue weighted by Crippen LogP contribution is 2.26. The third-order valence-electron chi connectivity index (χ3n) is 4.67. The number of non-ortho nitro benzene ring substituents is 1. The van der Waals surface area contributed by atoms with Crippen molar-refractivity contribution in [3.63, 3.8) is 0 Å². The SMILES string of the molecule is O=c1nc2sc(=Cc3ccc(-c4cccc([N+](=O)[O-])c4)o3)c(=O)n2nc1-c1ccccc1. The molecule has 10 heteroatoms. The van der Waals surface area contributed by atoms with E-state index in [4.69, 9.17) is 4.42 Å². The summed E-state index contributed by atoms with van der Waals surface area (Å²) in [6, 6.07) is 18.2. The molecule has 0 spiro atoms. The maximum absolute atomic E-state index is 12.8. The van der Waals surface area contributed by atoms with Crippen LogP contribution in [0.4, 0.5) is 5.69 Å². The van der Waals surface area contributed by atoms with Gasteiger partial charge >= 0.3 is 5.56 Å². The highest BCUT2D eigenvalue weighted by molar-refractivity contribution is 7.15. The molecule has 2 aromatic carbocycles. The van der Waals surface area contributed by atoms with Gasteiger partial charge in [0.25, 0.3) is 11.2 Å². The molecule has 156 valence electrons. The van der Waals surface area contributed by atoms with E-state index in [1.54, 1.807) is 48.5 Å². The van der Waals surface area contributed by atoms with Crippen LogP contribution in [0.5, 0.6) is 0 Å². The molecule has 3 heterocycles. The summed E-state index contributed by atoms with van der Waals surface area (Å²) in [6.45, 7) is 0. The number of hydrogen-bond acceptors (Lipinski definition) is 8. The van der Waals surface area contributed by atoms with E-state index in [1.165, 1.54) is 18.2 Å². The molecule has 5 aromatic rings. The van der Waals surface area contributed by atoms with Crippen LogP contribution in [0.15, 0.2) is 80.7 Å². The molecule has 0 bridgehead atoms. The second kappa shape index (κ2) is 7.67. The average Bonchev–Trinajstić information content (AvgIpc) is 3.39. The Bertz CT molecular complexity index is 1650. The van der Waals surface area contributed by atoms with Gasteiger partial charge in [0.15, 0.2) is 5.69 Å². The normalized spacial score (nSPS) is 11.8. The standard InChI is InChI=1S/C22H12N4O5S/c27-20-19(13-5-2-1-3-6-13)24-25-21(28)18(32-22(25)23-20)12-16-9-10-17(31-16)14-7-4-8-15(11-14)26(29)30/h1-12H. The van der Waals surface area contributed by atoms with E-state index >= 15 is 0 Å². The highest BCUT2D eigenvalue weighted by Gasteiger charge is 2.13. The molecule has 0 radical (unpaired) electrons. The Balaban J connectivity index is 1.57. The van der Waals surface area contributed by atoms with Crippen molar-refractivity contribution in [2.45, 2.75) is 0 Å². The maximum atomic E-state index is 12.8. The predicted octanol–water partition coefficient (Wildman–Crippen LogP) is 2.89. The van der Waals surface area contributed by atoms with E-state index in [0.29, 0.717) is 22.6 Å². The number of aromatic nitrogens is 3. The summed E-state index contributed by atoms with van der Waals surface area (Å²) in [7, 11) is 0. The molecule has 0 aliphatic carbocycles. The molecule has 0 N–H and O–H groups in total. The minimum Gasteiger partial charge on any atom is -0.457 e. The van der Waals surface area contributed by atoms with Crippen molar-refractivity contribution in [3.05, 3.63) is 108 Å². The second-order valence-electron chi connectivity index (χ2n) is 6.75. The first-order valence-corrected chi connectivity index (χ1v) is 10.2. The first-order valence-electron chi connectivity index (χ1n) is 9.35. The smallest absolute Gasteiger partial charge is 0.300 e. The largest absolute Gasteiger partial charge is 0.457 e. The van der Waals surface area contributed by atoms with Gasteiger partial charge in [0.1, 0.15) is 16.1 Å². The second-order valence-corrected chi connectivity index (χ2v) is 7.76. The number of thiazole rings is 1. The fraction of sp³-hybridized carbons (Fsp3) is 0. The summed E-state index contributed by atoms with van der Waals surface area (Å²) in [5.74, 6) is 0.798. The van der Waals surface area contributed by atoms with E-state index in [1.807, 2.05) is 6.07 Å². The van der Waals surface area contributed by atoms with E-state index in [-0.39, 0.29) is 20.9 Å². The van der Waals surface area contributed by atoms with Crippen molar-refractivity contribution in [1.29, 1.82) is 0 Å². The van der Waals surface area contributed by atoms with Crippen molar-refractivity contribution >= 4 is 28.1 Å². The van der Waals surface area contributed by atoms with Crippen LogP contribution in [0.2, 0.25) is 0 Å². The molecule has 3 aromatic heterocycles. The maximum Gasteiger partial charge on any atom is 0.300 e. The molecule has 0 saturated carbocycles. The molecule has 0 atom stereocenters. The quantitative estimate of drug-likeness (QED) is 0.309. The lowest BCUT2D eigenvalue weighted by atomic mass is 10.1. The molecule has 0 saturated heterocycles. The Morgan fingerprint density at radius 2 is 1.78 bits per heavy atom. The van der Waals surface area contributed by atoms with Gasteiger partial charge in [0.05, 0.1) is 4.92 Å². The van der Waals surface area contributed by atoms with Crippen LogP contribution in [0, 0.1) is 10.1 Å². The molecule has 0 aliphatic heterocycles. The van der Waals surface area contributed by atoms with Crippen molar-refractivity contribution in [2.75, 3.05) is 0 Å². The van der Waals surface area contributed by atoms with Crippen LogP contribution in [-0.4, -0.2) is 19.5 Å². The van der Waals surface area contributed by atoms with Crippen LogP contribution in [-0.2, 0) is 0 Å². The van der Waals surface area contributed by atoms with Gasteiger partial charge < -0.3 is 4.42 Å². The Kier molecular flexibility index (Phi) is 4.68. The van der Waals surface area contributed by atoms with Gasteiger partial charge in [-0.25, -0.2) is 0 Å². The zero-order chi connectivity index (χ0) is 22.2.